The summed E-state index contributed by atoms with van der Waals surface area (Å²) in [6.45, 7) is 5.80. The van der Waals surface area contributed by atoms with Crippen molar-refractivity contribution in [3.63, 3.8) is 0 Å². The lowest BCUT2D eigenvalue weighted by Crippen LogP contribution is -2.56. The number of hydrogen-bond donors (Lipinski definition) is 0. The van der Waals surface area contributed by atoms with Crippen molar-refractivity contribution in [1.82, 2.24) is 0 Å². The highest BCUT2D eigenvalue weighted by atomic mass is 19.1. The molecule has 112 valence electrons. The molecule has 1 saturated carbocycles. The van der Waals surface area contributed by atoms with E-state index in [2.05, 4.69) is 13.5 Å². The van der Waals surface area contributed by atoms with Gasteiger partial charge in [-0.2, -0.15) is 0 Å². The second-order valence-corrected chi connectivity index (χ2v) is 6.47. The van der Waals surface area contributed by atoms with Crippen molar-refractivity contribution in [3.8, 4) is 0 Å². The first-order chi connectivity index (χ1) is 10.1. The number of rotatable bonds is 1. The fourth-order valence-electron chi connectivity index (χ4n) is 4.23. The van der Waals surface area contributed by atoms with Crippen LogP contribution in [0.5, 0.6) is 0 Å². The molecular formula is C18H22FNO. The summed E-state index contributed by atoms with van der Waals surface area (Å²) in [5.41, 5.74) is 1.72. The van der Waals surface area contributed by atoms with E-state index in [1.807, 2.05) is 4.90 Å². The third-order valence-electron chi connectivity index (χ3n) is 5.10. The number of amides is 1. The zero-order valence-electron chi connectivity index (χ0n) is 12.6. The van der Waals surface area contributed by atoms with Gasteiger partial charge in [0.2, 0.25) is 0 Å². The van der Waals surface area contributed by atoms with Crippen LogP contribution in [0, 0.1) is 5.82 Å². The Morgan fingerprint density at radius 1 is 1.38 bits per heavy atom. The number of halogens is 1. The van der Waals surface area contributed by atoms with E-state index in [0.717, 1.165) is 43.4 Å². The Bertz CT molecular complexity index is 575. The lowest BCUT2D eigenvalue weighted by molar-refractivity contribution is -0.115. The van der Waals surface area contributed by atoms with Crippen LogP contribution in [0.15, 0.2) is 30.9 Å². The van der Waals surface area contributed by atoms with E-state index in [1.165, 1.54) is 18.6 Å². The van der Waals surface area contributed by atoms with Gasteiger partial charge in [-0.25, -0.2) is 4.39 Å². The highest BCUT2D eigenvalue weighted by Gasteiger charge is 2.46. The minimum atomic E-state index is -0.230. The highest BCUT2D eigenvalue weighted by molar-refractivity contribution is 6.03. The molecule has 1 aliphatic carbocycles. The summed E-state index contributed by atoms with van der Waals surface area (Å²) < 4.78 is 13.6. The standard InChI is InChI=1S/C18H22FNO/c1-3-17(21)20-16-8-7-14(19)11-15(16)13(2)12-18(20)9-5-4-6-10-18/h3,7-8,11,13H,1,4-6,9-10,12H2,2H3. The van der Waals surface area contributed by atoms with Gasteiger partial charge in [0, 0.05) is 11.2 Å². The third kappa shape index (κ3) is 2.29. The maximum atomic E-state index is 13.6. The van der Waals surface area contributed by atoms with Gasteiger partial charge in [-0.05, 0) is 55.0 Å². The summed E-state index contributed by atoms with van der Waals surface area (Å²) in [7, 11) is 0. The van der Waals surface area contributed by atoms with Gasteiger partial charge < -0.3 is 4.90 Å². The number of fused-ring (bicyclic) bond motifs is 1. The molecule has 1 aromatic rings. The lowest BCUT2D eigenvalue weighted by Gasteiger charge is -2.51. The minimum Gasteiger partial charge on any atom is -0.302 e. The second kappa shape index (κ2) is 5.28. The summed E-state index contributed by atoms with van der Waals surface area (Å²) in [6, 6.07) is 4.80. The van der Waals surface area contributed by atoms with Crippen LogP contribution in [0.1, 0.15) is 56.9 Å². The fourth-order valence-corrected chi connectivity index (χ4v) is 4.23. The van der Waals surface area contributed by atoms with Crippen molar-refractivity contribution in [2.45, 2.75) is 56.9 Å². The van der Waals surface area contributed by atoms with Gasteiger partial charge in [-0.15, -0.1) is 0 Å². The van der Waals surface area contributed by atoms with Crippen LogP contribution in [0.2, 0.25) is 0 Å². The van der Waals surface area contributed by atoms with E-state index in [4.69, 9.17) is 0 Å². The molecular weight excluding hydrogens is 265 g/mol. The summed E-state index contributed by atoms with van der Waals surface area (Å²) in [5.74, 6) is -0.00878. The van der Waals surface area contributed by atoms with Gasteiger partial charge in [0.05, 0.1) is 0 Å². The molecule has 1 heterocycles. The molecule has 3 heteroatoms. The summed E-state index contributed by atoms with van der Waals surface area (Å²) >= 11 is 0. The topological polar surface area (TPSA) is 20.3 Å². The third-order valence-corrected chi connectivity index (χ3v) is 5.10. The van der Waals surface area contributed by atoms with E-state index in [0.29, 0.717) is 0 Å². The summed E-state index contributed by atoms with van der Waals surface area (Å²) in [6.07, 6.45) is 7.93. The molecule has 0 radical (unpaired) electrons. The van der Waals surface area contributed by atoms with E-state index < -0.39 is 0 Å². The molecule has 1 aromatic carbocycles. The molecule has 2 aliphatic rings. The molecule has 0 aromatic heterocycles. The Morgan fingerprint density at radius 3 is 2.76 bits per heavy atom. The first-order valence-corrected chi connectivity index (χ1v) is 7.83. The lowest BCUT2D eigenvalue weighted by atomic mass is 9.70. The van der Waals surface area contributed by atoms with Gasteiger partial charge >= 0.3 is 0 Å². The predicted molar refractivity (Wildman–Crippen MR) is 82.9 cm³/mol. The number of nitrogens with zero attached hydrogens (tertiary/aromatic N) is 1. The molecule has 0 N–H and O–H groups in total. The van der Waals surface area contributed by atoms with E-state index in [1.54, 1.807) is 12.1 Å². The van der Waals surface area contributed by atoms with Gasteiger partial charge in [-0.1, -0.05) is 32.8 Å². The van der Waals surface area contributed by atoms with Gasteiger partial charge in [0.25, 0.3) is 5.91 Å². The first-order valence-electron chi connectivity index (χ1n) is 7.83. The van der Waals surface area contributed by atoms with E-state index in [-0.39, 0.29) is 23.2 Å². The number of benzene rings is 1. The van der Waals surface area contributed by atoms with Crippen LogP contribution < -0.4 is 4.90 Å². The molecule has 1 unspecified atom stereocenters. The van der Waals surface area contributed by atoms with Gasteiger partial charge in [-0.3, -0.25) is 4.79 Å². The van der Waals surface area contributed by atoms with E-state index >= 15 is 0 Å². The smallest absolute Gasteiger partial charge is 0.250 e. The summed E-state index contributed by atoms with van der Waals surface area (Å²) in [4.78, 5) is 14.4. The number of carbonyl (C=O) groups excluding carboxylic acids is 1. The van der Waals surface area contributed by atoms with Crippen molar-refractivity contribution in [2.75, 3.05) is 4.90 Å². The molecule has 1 atom stereocenters. The molecule has 1 amide bonds. The Balaban J connectivity index is 2.14. The average Bonchev–Trinajstić information content (AvgIpc) is 2.48. The SMILES string of the molecule is C=CC(=O)N1c2ccc(F)cc2C(C)CC12CCCCC2. The monoisotopic (exact) mass is 287 g/mol. The Hall–Kier alpha value is -1.64. The Morgan fingerprint density at radius 2 is 2.10 bits per heavy atom. The molecule has 21 heavy (non-hydrogen) atoms. The van der Waals surface area contributed by atoms with Crippen LogP contribution in [0.4, 0.5) is 10.1 Å². The normalized spacial score (nSPS) is 23.7. The minimum absolute atomic E-state index is 0.0586. The average molecular weight is 287 g/mol. The van der Waals surface area contributed by atoms with Crippen LogP contribution in [-0.2, 0) is 4.79 Å². The molecule has 0 saturated heterocycles. The van der Waals surface area contributed by atoms with Crippen molar-refractivity contribution in [3.05, 3.63) is 42.2 Å². The number of hydrogen-bond acceptors (Lipinski definition) is 1. The number of anilines is 1. The molecule has 0 bridgehead atoms. The van der Waals surface area contributed by atoms with Crippen molar-refractivity contribution < 1.29 is 9.18 Å². The maximum Gasteiger partial charge on any atom is 0.250 e. The van der Waals surface area contributed by atoms with Crippen molar-refractivity contribution in [2.24, 2.45) is 0 Å². The second-order valence-electron chi connectivity index (χ2n) is 6.47. The summed E-state index contributed by atoms with van der Waals surface area (Å²) in [5, 5.41) is 0. The van der Waals surface area contributed by atoms with E-state index in [9.17, 15) is 9.18 Å². The molecule has 1 spiro atoms. The molecule has 1 aliphatic heterocycles. The molecule has 2 nitrogen and oxygen atoms in total. The van der Waals surface area contributed by atoms with Gasteiger partial charge in [0.15, 0.2) is 0 Å². The zero-order chi connectivity index (χ0) is 15.0. The Kier molecular flexibility index (Phi) is 3.60. The quantitative estimate of drug-likeness (QED) is 0.694. The maximum absolute atomic E-state index is 13.6. The fraction of sp³-hybridized carbons (Fsp3) is 0.500. The van der Waals surface area contributed by atoms with Crippen LogP contribution in [-0.4, -0.2) is 11.4 Å². The molecule has 1 fully saturated rings. The number of carbonyl (C=O) groups is 1. The van der Waals surface area contributed by atoms with Crippen LogP contribution >= 0.6 is 0 Å². The predicted octanol–water partition coefficient (Wildman–Crippen LogP) is 4.55. The van der Waals surface area contributed by atoms with Crippen LogP contribution in [0.3, 0.4) is 0 Å². The largest absolute Gasteiger partial charge is 0.302 e. The van der Waals surface area contributed by atoms with Crippen molar-refractivity contribution >= 4 is 11.6 Å². The highest BCUT2D eigenvalue weighted by Crippen LogP contribution is 2.49. The Labute approximate surface area is 125 Å². The zero-order valence-corrected chi connectivity index (χ0v) is 12.6. The van der Waals surface area contributed by atoms with Crippen LogP contribution in [0.25, 0.3) is 0 Å². The first kappa shape index (κ1) is 14.3. The molecule has 3 rings (SSSR count). The van der Waals surface area contributed by atoms with Gasteiger partial charge in [0.1, 0.15) is 5.82 Å². The van der Waals surface area contributed by atoms with Crippen molar-refractivity contribution in [1.29, 1.82) is 0 Å².